The first-order valence-corrected chi connectivity index (χ1v) is 16.4. The molecule has 0 saturated carbocycles. The second kappa shape index (κ2) is 13.4. The second-order valence-corrected chi connectivity index (χ2v) is 14.0. The monoisotopic (exact) mass is 711 g/mol. The van der Waals surface area contributed by atoms with Gasteiger partial charge in [0.2, 0.25) is 0 Å². The lowest BCUT2D eigenvalue weighted by Gasteiger charge is -2.40. The normalized spacial score (nSPS) is 15.0. The van der Waals surface area contributed by atoms with Crippen molar-refractivity contribution >= 4 is 74.4 Å². The molecule has 4 heterocycles. The number of rotatable bonds is 7. The highest BCUT2D eigenvalue weighted by Crippen LogP contribution is 2.38. The third-order valence-corrected chi connectivity index (χ3v) is 9.43. The lowest BCUT2D eigenvalue weighted by molar-refractivity contribution is 0.0866. The fraction of sp³-hybridized carbons (Fsp3) is 0.303. The molecule has 1 fully saturated rings. The van der Waals surface area contributed by atoms with E-state index in [-0.39, 0.29) is 27.3 Å². The number of nitrogens with one attached hydrogen (secondary N) is 2. The summed E-state index contributed by atoms with van der Waals surface area (Å²) >= 11 is 25.7. The smallest absolute Gasteiger partial charge is 0.141 e. The Bertz CT molecular complexity index is 2000. The van der Waals surface area contributed by atoms with Crippen LogP contribution in [0.25, 0.3) is 10.9 Å². The Labute approximate surface area is 291 Å². The molecule has 1 aliphatic heterocycles. The van der Waals surface area contributed by atoms with Gasteiger partial charge in [-0.05, 0) is 70.0 Å². The van der Waals surface area contributed by atoms with E-state index in [1.165, 1.54) is 24.4 Å². The summed E-state index contributed by atoms with van der Waals surface area (Å²) in [6.45, 7) is 8.62. The number of halogens is 5. The highest BCUT2D eigenvalue weighted by atomic mass is 35.5. The fourth-order valence-corrected chi connectivity index (χ4v) is 6.71. The first-order chi connectivity index (χ1) is 22.4. The Kier molecular flexibility index (Phi) is 9.47. The van der Waals surface area contributed by atoms with Crippen LogP contribution < -0.4 is 10.6 Å². The lowest BCUT2D eigenvalue weighted by Crippen LogP contribution is -2.46. The van der Waals surface area contributed by atoms with E-state index in [0.29, 0.717) is 49.3 Å². The predicted octanol–water partition coefficient (Wildman–Crippen LogP) is 9.23. The van der Waals surface area contributed by atoms with Crippen molar-refractivity contribution in [1.82, 2.24) is 29.9 Å². The highest BCUT2D eigenvalue weighted by Gasteiger charge is 2.29. The summed E-state index contributed by atoms with van der Waals surface area (Å²) in [4.78, 5) is 11.2. The summed E-state index contributed by atoms with van der Waals surface area (Å²) in [6, 6.07) is 11.1. The van der Waals surface area contributed by atoms with Crippen molar-refractivity contribution < 1.29 is 4.39 Å². The van der Waals surface area contributed by atoms with E-state index in [1.54, 1.807) is 18.3 Å². The topological polar surface area (TPSA) is 108 Å². The van der Waals surface area contributed by atoms with Crippen LogP contribution in [0.15, 0.2) is 55.0 Å². The van der Waals surface area contributed by atoms with E-state index in [4.69, 9.17) is 46.4 Å². The number of benzene rings is 2. The Morgan fingerprint density at radius 1 is 0.957 bits per heavy atom. The molecule has 1 atom stereocenters. The number of piperidine rings is 1. The van der Waals surface area contributed by atoms with Crippen LogP contribution in [0, 0.1) is 17.1 Å². The Morgan fingerprint density at radius 3 is 2.38 bits per heavy atom. The largest absolute Gasteiger partial charge is 0.373 e. The van der Waals surface area contributed by atoms with Gasteiger partial charge < -0.3 is 10.6 Å². The molecule has 0 radical (unpaired) electrons. The van der Waals surface area contributed by atoms with E-state index in [1.807, 2.05) is 16.9 Å². The van der Waals surface area contributed by atoms with Gasteiger partial charge in [-0.1, -0.05) is 51.6 Å². The number of aromatic nitrogens is 5. The summed E-state index contributed by atoms with van der Waals surface area (Å²) < 4.78 is 15.8. The quantitative estimate of drug-likeness (QED) is 0.161. The molecular formula is C33H30Cl4FN9. The zero-order valence-corrected chi connectivity index (χ0v) is 28.7. The number of nitrogens with zero attached hydrogens (tertiary/aromatic N) is 7. The van der Waals surface area contributed by atoms with Gasteiger partial charge >= 0.3 is 0 Å². The van der Waals surface area contributed by atoms with Crippen LogP contribution in [0.1, 0.15) is 62.5 Å². The van der Waals surface area contributed by atoms with Gasteiger partial charge in [-0.3, -0.25) is 9.88 Å². The molecule has 1 aliphatic rings. The van der Waals surface area contributed by atoms with Gasteiger partial charge in [0.15, 0.2) is 0 Å². The van der Waals surface area contributed by atoms with Gasteiger partial charge in [-0.2, -0.15) is 5.26 Å². The molecule has 1 saturated heterocycles. The summed E-state index contributed by atoms with van der Waals surface area (Å²) in [5.41, 5.74) is 3.58. The predicted molar refractivity (Wildman–Crippen MR) is 186 cm³/mol. The molecule has 6 rings (SSSR count). The molecule has 14 heteroatoms. The van der Waals surface area contributed by atoms with Crippen molar-refractivity contribution in [2.75, 3.05) is 23.7 Å². The van der Waals surface area contributed by atoms with Crippen LogP contribution in [0.4, 0.5) is 21.5 Å². The number of anilines is 3. The van der Waals surface area contributed by atoms with Crippen molar-refractivity contribution in [3.8, 4) is 6.07 Å². The average Bonchev–Trinajstić information content (AvgIpc) is 3.52. The van der Waals surface area contributed by atoms with Gasteiger partial charge in [0.1, 0.15) is 28.8 Å². The van der Waals surface area contributed by atoms with Crippen molar-refractivity contribution in [3.05, 3.63) is 97.8 Å². The summed E-state index contributed by atoms with van der Waals surface area (Å²) in [7, 11) is 0. The van der Waals surface area contributed by atoms with Gasteiger partial charge in [0.25, 0.3) is 0 Å². The maximum atomic E-state index is 13.9. The standard InChI is InChI=1S/C33H30Cl4FN9/c1-33(2,3)46-8-6-21(7-9-46)47-17-28(44-45-47)32(23-16-40-29(37)13-24(23)34)43-20-10-22-30(42-19-4-5-27(38)25(35)11-19)18(14-39)15-41-31(22)26(36)12-20/h4-5,10-13,15-17,21,32,43H,6-9H2,1-3H3,(H,41,42). The van der Waals surface area contributed by atoms with Crippen molar-refractivity contribution in [3.63, 3.8) is 0 Å². The number of hydrogen-bond acceptors (Lipinski definition) is 8. The molecule has 9 nitrogen and oxygen atoms in total. The second-order valence-electron chi connectivity index (χ2n) is 12.4. The average molecular weight is 713 g/mol. The molecule has 2 aromatic carbocycles. The number of hydrogen-bond donors (Lipinski definition) is 2. The van der Waals surface area contributed by atoms with Crippen molar-refractivity contribution in [2.45, 2.75) is 51.2 Å². The molecule has 242 valence electrons. The molecule has 47 heavy (non-hydrogen) atoms. The first-order valence-electron chi connectivity index (χ1n) is 14.9. The first kappa shape index (κ1) is 33.2. The molecule has 0 aliphatic carbocycles. The lowest BCUT2D eigenvalue weighted by atomic mass is 9.98. The number of nitriles is 1. The van der Waals surface area contributed by atoms with E-state index in [2.05, 4.69) is 62.7 Å². The number of fused-ring (bicyclic) bond motifs is 1. The van der Waals surface area contributed by atoms with Crippen LogP contribution in [-0.4, -0.2) is 48.5 Å². The van der Waals surface area contributed by atoms with Gasteiger partial charge in [-0.15, -0.1) is 5.10 Å². The fourth-order valence-electron chi connectivity index (χ4n) is 5.79. The van der Waals surface area contributed by atoms with Gasteiger partial charge in [-0.25, -0.2) is 14.1 Å². The molecule has 0 bridgehead atoms. The zero-order valence-electron chi connectivity index (χ0n) is 25.7. The van der Waals surface area contributed by atoms with Crippen LogP contribution in [-0.2, 0) is 0 Å². The molecule has 0 spiro atoms. The molecule has 2 N–H and O–H groups in total. The van der Waals surface area contributed by atoms with E-state index in [0.717, 1.165) is 25.9 Å². The minimum absolute atomic E-state index is 0.0589. The van der Waals surface area contributed by atoms with E-state index in [9.17, 15) is 9.65 Å². The van der Waals surface area contributed by atoms with Crippen LogP contribution >= 0.6 is 46.4 Å². The maximum Gasteiger partial charge on any atom is 0.141 e. The van der Waals surface area contributed by atoms with Crippen molar-refractivity contribution in [1.29, 1.82) is 5.26 Å². The summed E-state index contributed by atoms with van der Waals surface area (Å²) in [6.07, 6.45) is 6.87. The third-order valence-electron chi connectivity index (χ3n) is 8.32. The molecule has 3 aromatic heterocycles. The van der Waals surface area contributed by atoms with Gasteiger partial charge in [0, 0.05) is 53.3 Å². The maximum absolute atomic E-state index is 13.9. The highest BCUT2D eigenvalue weighted by molar-refractivity contribution is 6.36. The number of likely N-dealkylation sites (tertiary alicyclic amines) is 1. The number of pyridine rings is 2. The SMILES string of the molecule is CC(C)(C)N1CCC(n2cc(C(Nc3cc(Cl)c4ncc(C#N)c(Nc5ccc(F)c(Cl)c5)c4c3)c3cnc(Cl)cc3Cl)nn2)CC1. The molecule has 5 aromatic rings. The van der Waals surface area contributed by atoms with E-state index < -0.39 is 11.9 Å². The van der Waals surface area contributed by atoms with E-state index >= 15 is 0 Å². The van der Waals surface area contributed by atoms with Gasteiger partial charge in [0.05, 0.1) is 44.1 Å². The Hall–Kier alpha value is -3.72. The third kappa shape index (κ3) is 7.10. The summed E-state index contributed by atoms with van der Waals surface area (Å²) in [5.74, 6) is -0.555. The Balaban J connectivity index is 1.38. The molecule has 0 amide bonds. The zero-order chi connectivity index (χ0) is 33.5. The Morgan fingerprint density at radius 2 is 1.70 bits per heavy atom. The van der Waals surface area contributed by atoms with Crippen LogP contribution in [0.3, 0.4) is 0 Å². The minimum Gasteiger partial charge on any atom is -0.373 e. The van der Waals surface area contributed by atoms with Crippen LogP contribution in [0.5, 0.6) is 0 Å². The molecular weight excluding hydrogens is 683 g/mol. The minimum atomic E-state index is -0.594. The summed E-state index contributed by atoms with van der Waals surface area (Å²) in [5, 5.41) is 27.2. The van der Waals surface area contributed by atoms with Crippen LogP contribution in [0.2, 0.25) is 20.2 Å². The molecule has 1 unspecified atom stereocenters. The van der Waals surface area contributed by atoms with Crippen molar-refractivity contribution in [2.24, 2.45) is 0 Å².